The number of benzene rings is 1. The number of aliphatic hydroxyl groups is 1. The molecule has 0 aromatic heterocycles. The summed E-state index contributed by atoms with van der Waals surface area (Å²) in [6.45, 7) is 0.506. The van der Waals surface area contributed by atoms with E-state index in [1.54, 1.807) is 12.1 Å². The van der Waals surface area contributed by atoms with Crippen LogP contribution in [0.3, 0.4) is 0 Å². The summed E-state index contributed by atoms with van der Waals surface area (Å²) >= 11 is 1.93. The molecule has 0 radical (unpaired) electrons. The predicted octanol–water partition coefficient (Wildman–Crippen LogP) is 2.07. The molecule has 1 aromatic carbocycles. The molecule has 1 aromatic rings. The number of rotatable bonds is 5. The number of aliphatic hydroxyl groups excluding tert-OH is 1. The molecule has 2 atom stereocenters. The summed E-state index contributed by atoms with van der Waals surface area (Å²) in [6, 6.07) is 6.73. The second-order valence-electron chi connectivity index (χ2n) is 4.82. The second kappa shape index (κ2) is 6.36. The van der Waals surface area contributed by atoms with Crippen molar-refractivity contribution in [3.05, 3.63) is 39.9 Å². The highest BCUT2D eigenvalue weighted by atomic mass is 32.2. The molecule has 19 heavy (non-hydrogen) atoms. The number of thioether (sulfide) groups is 1. The van der Waals surface area contributed by atoms with Gasteiger partial charge in [-0.3, -0.25) is 15.0 Å². The minimum atomic E-state index is -0.685. The summed E-state index contributed by atoms with van der Waals surface area (Å²) in [4.78, 5) is 12.4. The van der Waals surface area contributed by atoms with E-state index in [9.17, 15) is 15.2 Å². The summed E-state index contributed by atoms with van der Waals surface area (Å²) in [6.07, 6.45) is 0.457. The average molecular weight is 282 g/mol. The van der Waals surface area contributed by atoms with Crippen molar-refractivity contribution in [2.75, 3.05) is 25.1 Å². The van der Waals surface area contributed by atoms with Gasteiger partial charge in [-0.25, -0.2) is 0 Å². The molecule has 104 valence electrons. The van der Waals surface area contributed by atoms with Crippen molar-refractivity contribution in [2.45, 2.75) is 18.6 Å². The van der Waals surface area contributed by atoms with Crippen LogP contribution in [-0.2, 0) is 0 Å². The van der Waals surface area contributed by atoms with E-state index in [0.29, 0.717) is 18.2 Å². The molecule has 1 aliphatic rings. The lowest BCUT2D eigenvalue weighted by atomic mass is 10.1. The van der Waals surface area contributed by atoms with Gasteiger partial charge < -0.3 is 5.11 Å². The lowest BCUT2D eigenvalue weighted by Gasteiger charge is -2.26. The zero-order chi connectivity index (χ0) is 13.8. The molecule has 1 saturated heterocycles. The number of non-ortho nitro benzene ring substituents is 1. The Balaban J connectivity index is 2.00. The van der Waals surface area contributed by atoms with Gasteiger partial charge in [-0.2, -0.15) is 11.8 Å². The quantitative estimate of drug-likeness (QED) is 0.661. The maximum Gasteiger partial charge on any atom is 0.269 e. The van der Waals surface area contributed by atoms with Crippen LogP contribution < -0.4 is 0 Å². The Labute approximate surface area is 116 Å². The van der Waals surface area contributed by atoms with E-state index in [-0.39, 0.29) is 5.69 Å². The van der Waals surface area contributed by atoms with Crippen molar-refractivity contribution in [1.82, 2.24) is 4.90 Å². The molecule has 0 spiro atoms. The van der Waals surface area contributed by atoms with Crippen LogP contribution in [0.5, 0.6) is 0 Å². The minimum absolute atomic E-state index is 0.0237. The second-order valence-corrected chi connectivity index (χ2v) is 5.97. The monoisotopic (exact) mass is 282 g/mol. The first-order chi connectivity index (χ1) is 9.08. The number of nitro benzene ring substituents is 1. The Morgan fingerprint density at radius 1 is 1.63 bits per heavy atom. The van der Waals surface area contributed by atoms with Gasteiger partial charge >= 0.3 is 0 Å². The standard InChI is InChI=1S/C13H18N2O3S/c1-14(12-5-6-19-9-12)8-13(16)10-3-2-4-11(7-10)15(17)18/h2-4,7,12-13,16H,5-6,8-9H2,1H3. The molecule has 0 bridgehead atoms. The molecule has 5 nitrogen and oxygen atoms in total. The van der Waals surface area contributed by atoms with E-state index in [2.05, 4.69) is 4.90 Å². The number of hydrogen-bond acceptors (Lipinski definition) is 5. The topological polar surface area (TPSA) is 66.6 Å². The van der Waals surface area contributed by atoms with E-state index in [0.717, 1.165) is 12.2 Å². The van der Waals surface area contributed by atoms with E-state index in [1.807, 2.05) is 18.8 Å². The first-order valence-electron chi connectivity index (χ1n) is 6.28. The third-order valence-electron chi connectivity index (χ3n) is 3.46. The van der Waals surface area contributed by atoms with Crippen LogP contribution in [-0.4, -0.2) is 46.1 Å². The maximum atomic E-state index is 10.7. The van der Waals surface area contributed by atoms with Crippen molar-refractivity contribution < 1.29 is 10.0 Å². The van der Waals surface area contributed by atoms with Gasteiger partial charge in [-0.05, 0) is 24.8 Å². The number of nitro groups is 1. The summed E-state index contributed by atoms with van der Waals surface area (Å²) in [5.41, 5.74) is 0.627. The zero-order valence-corrected chi connectivity index (χ0v) is 11.7. The van der Waals surface area contributed by atoms with Crippen molar-refractivity contribution in [3.8, 4) is 0 Å². The van der Waals surface area contributed by atoms with E-state index in [1.165, 1.54) is 17.9 Å². The number of likely N-dealkylation sites (N-methyl/N-ethyl adjacent to an activating group) is 1. The van der Waals surface area contributed by atoms with Crippen LogP contribution in [0.15, 0.2) is 24.3 Å². The lowest BCUT2D eigenvalue weighted by molar-refractivity contribution is -0.385. The third kappa shape index (κ3) is 3.68. The molecule has 1 N–H and O–H groups in total. The van der Waals surface area contributed by atoms with Crippen molar-refractivity contribution in [3.63, 3.8) is 0 Å². The van der Waals surface area contributed by atoms with E-state index in [4.69, 9.17) is 0 Å². The van der Waals surface area contributed by atoms with Gasteiger partial charge in [-0.15, -0.1) is 0 Å². The molecular weight excluding hydrogens is 264 g/mol. The third-order valence-corrected chi connectivity index (χ3v) is 4.60. The Kier molecular flexibility index (Phi) is 4.79. The highest BCUT2D eigenvalue weighted by molar-refractivity contribution is 7.99. The number of nitrogens with zero attached hydrogens (tertiary/aromatic N) is 2. The zero-order valence-electron chi connectivity index (χ0n) is 10.9. The normalized spacial score (nSPS) is 20.7. The molecule has 0 amide bonds. The van der Waals surface area contributed by atoms with Crippen LogP contribution in [0.4, 0.5) is 5.69 Å². The van der Waals surface area contributed by atoms with Crippen molar-refractivity contribution >= 4 is 17.4 Å². The molecule has 1 heterocycles. The van der Waals surface area contributed by atoms with Crippen LogP contribution in [0, 0.1) is 10.1 Å². The molecule has 1 aliphatic heterocycles. The predicted molar refractivity (Wildman–Crippen MR) is 76.4 cm³/mol. The van der Waals surface area contributed by atoms with Gasteiger partial charge in [0.2, 0.25) is 0 Å². The molecule has 0 saturated carbocycles. The molecular formula is C13H18N2O3S. The first kappa shape index (κ1) is 14.3. The SMILES string of the molecule is CN(CC(O)c1cccc([N+](=O)[O-])c1)C1CCSC1. The minimum Gasteiger partial charge on any atom is -0.387 e. The summed E-state index contributed by atoms with van der Waals surface area (Å²) < 4.78 is 0. The Morgan fingerprint density at radius 2 is 2.42 bits per heavy atom. The van der Waals surface area contributed by atoms with Gasteiger partial charge in [0.25, 0.3) is 5.69 Å². The van der Waals surface area contributed by atoms with Gasteiger partial charge in [-0.1, -0.05) is 12.1 Å². The van der Waals surface area contributed by atoms with Crippen molar-refractivity contribution in [2.24, 2.45) is 0 Å². The molecule has 1 fully saturated rings. The van der Waals surface area contributed by atoms with Gasteiger partial charge in [0.1, 0.15) is 0 Å². The summed E-state index contributed by atoms with van der Waals surface area (Å²) in [5, 5.41) is 20.9. The highest BCUT2D eigenvalue weighted by Crippen LogP contribution is 2.24. The number of hydrogen-bond donors (Lipinski definition) is 1. The fraction of sp³-hybridized carbons (Fsp3) is 0.538. The van der Waals surface area contributed by atoms with E-state index >= 15 is 0 Å². The Morgan fingerprint density at radius 3 is 3.05 bits per heavy atom. The van der Waals surface area contributed by atoms with Gasteiger partial charge in [0.15, 0.2) is 0 Å². The molecule has 0 aliphatic carbocycles. The maximum absolute atomic E-state index is 10.7. The lowest BCUT2D eigenvalue weighted by Crippen LogP contribution is -2.34. The summed E-state index contributed by atoms with van der Waals surface area (Å²) in [5.74, 6) is 2.26. The van der Waals surface area contributed by atoms with Gasteiger partial charge in [0.05, 0.1) is 11.0 Å². The smallest absolute Gasteiger partial charge is 0.269 e. The van der Waals surface area contributed by atoms with Crippen molar-refractivity contribution in [1.29, 1.82) is 0 Å². The largest absolute Gasteiger partial charge is 0.387 e. The molecule has 2 rings (SSSR count). The Bertz CT molecular complexity index is 449. The highest BCUT2D eigenvalue weighted by Gasteiger charge is 2.22. The molecule has 6 heteroatoms. The van der Waals surface area contributed by atoms with Gasteiger partial charge in [0, 0.05) is 30.5 Å². The fourth-order valence-corrected chi connectivity index (χ4v) is 3.54. The average Bonchev–Trinajstić information content (AvgIpc) is 2.92. The van der Waals surface area contributed by atoms with Crippen LogP contribution in [0.1, 0.15) is 18.1 Å². The van der Waals surface area contributed by atoms with E-state index < -0.39 is 11.0 Å². The first-order valence-corrected chi connectivity index (χ1v) is 7.44. The fourth-order valence-electron chi connectivity index (χ4n) is 2.24. The van der Waals surface area contributed by atoms with Crippen LogP contribution in [0.2, 0.25) is 0 Å². The van der Waals surface area contributed by atoms with Crippen LogP contribution in [0.25, 0.3) is 0 Å². The van der Waals surface area contributed by atoms with Crippen LogP contribution >= 0.6 is 11.8 Å². The summed E-state index contributed by atoms with van der Waals surface area (Å²) in [7, 11) is 2.00. The molecule has 2 unspecified atom stereocenters. The Hall–Kier alpha value is -1.11.